The first-order valence-electron chi connectivity index (χ1n) is 7.20. The molecule has 0 aliphatic carbocycles. The molecule has 0 aliphatic heterocycles. The van der Waals surface area contributed by atoms with Gasteiger partial charge in [0.05, 0.1) is 12.2 Å². The Bertz CT molecular complexity index is 587. The maximum Gasteiger partial charge on any atom is 0.255 e. The number of aromatic nitrogens is 1. The second kappa shape index (κ2) is 7.31. The molecular weight excluding hydrogens is 272 g/mol. The third kappa shape index (κ3) is 4.11. The number of alkyl halides is 2. The Morgan fingerprint density at radius 2 is 2.05 bits per heavy atom. The van der Waals surface area contributed by atoms with Gasteiger partial charge in [-0.3, -0.25) is 0 Å². The van der Waals surface area contributed by atoms with Crippen LogP contribution >= 0.6 is 0 Å². The Morgan fingerprint density at radius 3 is 2.76 bits per heavy atom. The van der Waals surface area contributed by atoms with E-state index in [1.54, 1.807) is 7.05 Å². The highest BCUT2D eigenvalue weighted by Crippen LogP contribution is 2.25. The van der Waals surface area contributed by atoms with Crippen molar-refractivity contribution in [3.05, 3.63) is 36.0 Å². The normalized spacial score (nSPS) is 11.3. The summed E-state index contributed by atoms with van der Waals surface area (Å²) in [5.74, 6) is 0.613. The third-order valence-electron chi connectivity index (χ3n) is 3.28. The molecule has 0 saturated heterocycles. The summed E-state index contributed by atoms with van der Waals surface area (Å²) in [6, 6.07) is 9.77. The number of halogens is 2. The summed E-state index contributed by atoms with van der Waals surface area (Å²) in [4.78, 5) is 6.08. The Hall–Kier alpha value is -1.75. The topological polar surface area (TPSA) is 28.2 Å². The standard InChI is InChI=1S/C16H21F2N3/c1-3-8-19-10-13-9-12-6-4-5-7-14(12)16(20-13)21(2)11-15(17)18/h4-7,9,15,19H,3,8,10-11H2,1-2H3. The van der Waals surface area contributed by atoms with Gasteiger partial charge in [0, 0.05) is 19.0 Å². The minimum absolute atomic E-state index is 0.317. The lowest BCUT2D eigenvalue weighted by Crippen LogP contribution is -2.26. The number of hydrogen-bond donors (Lipinski definition) is 1. The summed E-state index contributed by atoms with van der Waals surface area (Å²) in [6.45, 7) is 3.34. The molecule has 1 aromatic carbocycles. The minimum atomic E-state index is -2.38. The Balaban J connectivity index is 2.35. The minimum Gasteiger partial charge on any atom is -0.353 e. The number of nitrogens with one attached hydrogen (secondary N) is 1. The van der Waals surface area contributed by atoms with Crippen LogP contribution in [0, 0.1) is 0 Å². The van der Waals surface area contributed by atoms with Crippen molar-refractivity contribution in [2.24, 2.45) is 0 Å². The van der Waals surface area contributed by atoms with Gasteiger partial charge in [-0.15, -0.1) is 0 Å². The molecule has 0 amide bonds. The molecule has 0 saturated carbocycles. The van der Waals surface area contributed by atoms with Gasteiger partial charge in [-0.25, -0.2) is 13.8 Å². The van der Waals surface area contributed by atoms with E-state index in [4.69, 9.17) is 0 Å². The average Bonchev–Trinajstić information content (AvgIpc) is 2.46. The molecule has 1 N–H and O–H groups in total. The van der Waals surface area contributed by atoms with Crippen molar-refractivity contribution in [2.75, 3.05) is 25.0 Å². The zero-order chi connectivity index (χ0) is 15.2. The van der Waals surface area contributed by atoms with E-state index >= 15 is 0 Å². The van der Waals surface area contributed by atoms with Crippen LogP contribution in [0.1, 0.15) is 19.0 Å². The van der Waals surface area contributed by atoms with Gasteiger partial charge in [0.2, 0.25) is 0 Å². The molecule has 0 unspecified atom stereocenters. The predicted molar refractivity (Wildman–Crippen MR) is 83.0 cm³/mol. The van der Waals surface area contributed by atoms with Crippen LogP contribution in [0.3, 0.4) is 0 Å². The second-order valence-corrected chi connectivity index (χ2v) is 5.11. The van der Waals surface area contributed by atoms with Crippen LogP contribution in [0.15, 0.2) is 30.3 Å². The second-order valence-electron chi connectivity index (χ2n) is 5.11. The van der Waals surface area contributed by atoms with E-state index in [1.165, 1.54) is 4.90 Å². The van der Waals surface area contributed by atoms with Gasteiger partial charge in [0.25, 0.3) is 6.43 Å². The molecule has 0 fully saturated rings. The third-order valence-corrected chi connectivity index (χ3v) is 3.28. The van der Waals surface area contributed by atoms with Crippen LogP contribution in [0.2, 0.25) is 0 Å². The van der Waals surface area contributed by atoms with Gasteiger partial charge in [0.1, 0.15) is 5.82 Å². The van der Waals surface area contributed by atoms with Crippen molar-refractivity contribution in [1.82, 2.24) is 10.3 Å². The number of hydrogen-bond acceptors (Lipinski definition) is 3. The fourth-order valence-corrected chi connectivity index (χ4v) is 2.30. The van der Waals surface area contributed by atoms with Crippen LogP contribution in [0.4, 0.5) is 14.6 Å². The predicted octanol–water partition coefficient (Wildman–Crippen LogP) is 3.44. The smallest absolute Gasteiger partial charge is 0.255 e. The van der Waals surface area contributed by atoms with Crippen molar-refractivity contribution in [3.8, 4) is 0 Å². The summed E-state index contributed by atoms with van der Waals surface area (Å²) in [5.41, 5.74) is 0.873. The van der Waals surface area contributed by atoms with Gasteiger partial charge < -0.3 is 10.2 Å². The van der Waals surface area contributed by atoms with E-state index in [1.807, 2.05) is 30.3 Å². The summed E-state index contributed by atoms with van der Waals surface area (Å²) in [5, 5.41) is 5.22. The first-order valence-corrected chi connectivity index (χ1v) is 7.20. The SMILES string of the molecule is CCCNCc1cc2ccccc2c(N(C)CC(F)F)n1. The highest BCUT2D eigenvalue weighted by atomic mass is 19.3. The van der Waals surface area contributed by atoms with Crippen molar-refractivity contribution in [1.29, 1.82) is 0 Å². The summed E-state index contributed by atoms with van der Waals surface area (Å²) in [6.07, 6.45) is -1.33. The van der Waals surface area contributed by atoms with Gasteiger partial charge in [-0.05, 0) is 24.4 Å². The Kier molecular flexibility index (Phi) is 5.44. The van der Waals surface area contributed by atoms with Gasteiger partial charge in [-0.2, -0.15) is 0 Å². The van der Waals surface area contributed by atoms with E-state index in [-0.39, 0.29) is 6.54 Å². The maximum absolute atomic E-state index is 12.6. The number of anilines is 1. The number of pyridine rings is 1. The largest absolute Gasteiger partial charge is 0.353 e. The molecule has 1 aromatic heterocycles. The van der Waals surface area contributed by atoms with Crippen molar-refractivity contribution in [2.45, 2.75) is 26.3 Å². The molecule has 21 heavy (non-hydrogen) atoms. The fourth-order valence-electron chi connectivity index (χ4n) is 2.30. The van der Waals surface area contributed by atoms with Crippen molar-refractivity contribution >= 4 is 16.6 Å². The molecule has 2 rings (SSSR count). The van der Waals surface area contributed by atoms with Crippen LogP contribution in [0.25, 0.3) is 10.8 Å². The van der Waals surface area contributed by atoms with Crippen LogP contribution in [-0.4, -0.2) is 31.5 Å². The molecule has 3 nitrogen and oxygen atoms in total. The average molecular weight is 293 g/mol. The zero-order valence-electron chi connectivity index (χ0n) is 12.4. The molecule has 0 spiro atoms. The lowest BCUT2D eigenvalue weighted by atomic mass is 10.1. The van der Waals surface area contributed by atoms with E-state index < -0.39 is 6.43 Å². The van der Waals surface area contributed by atoms with Crippen molar-refractivity contribution in [3.63, 3.8) is 0 Å². The first kappa shape index (κ1) is 15.6. The van der Waals surface area contributed by atoms with Gasteiger partial charge in [-0.1, -0.05) is 31.2 Å². The molecule has 114 valence electrons. The van der Waals surface area contributed by atoms with Crippen LogP contribution < -0.4 is 10.2 Å². The van der Waals surface area contributed by atoms with Gasteiger partial charge >= 0.3 is 0 Å². The number of benzene rings is 1. The number of rotatable bonds is 7. The number of nitrogens with zero attached hydrogens (tertiary/aromatic N) is 2. The van der Waals surface area contributed by atoms with E-state index in [0.717, 1.165) is 29.4 Å². The molecule has 0 radical (unpaired) electrons. The highest BCUT2D eigenvalue weighted by molar-refractivity contribution is 5.92. The molecule has 0 atom stereocenters. The van der Waals surface area contributed by atoms with Crippen molar-refractivity contribution < 1.29 is 8.78 Å². The molecular formula is C16H21F2N3. The zero-order valence-corrected chi connectivity index (χ0v) is 12.4. The summed E-state index contributed by atoms with van der Waals surface area (Å²) >= 11 is 0. The molecule has 1 heterocycles. The monoisotopic (exact) mass is 293 g/mol. The lowest BCUT2D eigenvalue weighted by molar-refractivity contribution is 0.156. The molecule has 5 heteroatoms. The molecule has 0 aliphatic rings. The van der Waals surface area contributed by atoms with Gasteiger partial charge in [0.15, 0.2) is 0 Å². The van der Waals surface area contributed by atoms with E-state index in [0.29, 0.717) is 12.4 Å². The van der Waals surface area contributed by atoms with Crippen LogP contribution in [-0.2, 0) is 6.54 Å². The Morgan fingerprint density at radius 1 is 1.29 bits per heavy atom. The maximum atomic E-state index is 12.6. The highest BCUT2D eigenvalue weighted by Gasteiger charge is 2.14. The molecule has 0 bridgehead atoms. The lowest BCUT2D eigenvalue weighted by Gasteiger charge is -2.20. The summed E-state index contributed by atoms with van der Waals surface area (Å²) < 4.78 is 25.3. The van der Waals surface area contributed by atoms with Crippen LogP contribution in [0.5, 0.6) is 0 Å². The fraction of sp³-hybridized carbons (Fsp3) is 0.438. The first-order chi connectivity index (χ1) is 10.1. The summed E-state index contributed by atoms with van der Waals surface area (Å²) in [7, 11) is 1.66. The Labute approximate surface area is 124 Å². The molecule has 2 aromatic rings. The quantitative estimate of drug-likeness (QED) is 0.793. The number of fused-ring (bicyclic) bond motifs is 1. The van der Waals surface area contributed by atoms with E-state index in [9.17, 15) is 8.78 Å². The van der Waals surface area contributed by atoms with E-state index in [2.05, 4.69) is 17.2 Å².